The van der Waals surface area contributed by atoms with Crippen LogP contribution in [0.15, 0.2) is 60.0 Å². The number of ether oxygens (including phenoxy) is 2. The van der Waals surface area contributed by atoms with Crippen LogP contribution in [0.4, 0.5) is 0 Å². The fraction of sp³-hybridized carbons (Fsp3) is 0.240. The highest BCUT2D eigenvalue weighted by Gasteiger charge is 2.51. The van der Waals surface area contributed by atoms with Gasteiger partial charge in [-0.2, -0.15) is 0 Å². The van der Waals surface area contributed by atoms with Gasteiger partial charge in [-0.1, -0.05) is 29.4 Å². The molecule has 0 amide bonds. The number of nitrogens with one attached hydrogen (secondary N) is 2. The van der Waals surface area contributed by atoms with Gasteiger partial charge in [0.05, 0.1) is 30.6 Å². The Hall–Kier alpha value is -3.61. The van der Waals surface area contributed by atoms with Crippen LogP contribution in [0.5, 0.6) is 11.5 Å². The number of carbonyl (C=O) groups is 1. The Morgan fingerprint density at radius 3 is 2.76 bits per heavy atom. The molecule has 0 bridgehead atoms. The Kier molecular flexibility index (Phi) is 6.80. The van der Waals surface area contributed by atoms with Crippen molar-refractivity contribution in [3.63, 3.8) is 0 Å². The number of aromatic hydroxyl groups is 1. The number of esters is 1. The van der Waals surface area contributed by atoms with Gasteiger partial charge in [0, 0.05) is 34.6 Å². The van der Waals surface area contributed by atoms with Crippen molar-refractivity contribution in [2.45, 2.75) is 15.4 Å². The highest BCUT2D eigenvalue weighted by atomic mass is 32.2. The number of methoxy groups -OCH3 is 2. The number of thioether (sulfide) groups is 2. The van der Waals surface area contributed by atoms with E-state index >= 15 is 0 Å². The minimum absolute atomic E-state index is 0.0251. The number of benzene rings is 2. The van der Waals surface area contributed by atoms with E-state index in [4.69, 9.17) is 9.47 Å². The lowest BCUT2D eigenvalue weighted by Crippen LogP contribution is -2.43. The molecule has 5 rings (SSSR count). The van der Waals surface area contributed by atoms with Gasteiger partial charge in [0.15, 0.2) is 11.5 Å². The summed E-state index contributed by atoms with van der Waals surface area (Å²) in [4.78, 5) is 23.4. The molecule has 10 nitrogen and oxygen atoms in total. The highest BCUT2D eigenvalue weighted by Crippen LogP contribution is 2.61. The number of fused-ring (bicyclic) bond motifs is 1. The average Bonchev–Trinajstić information content (AvgIpc) is 3.59. The molecule has 0 saturated carbocycles. The molecule has 1 fully saturated rings. The third kappa shape index (κ3) is 4.10. The summed E-state index contributed by atoms with van der Waals surface area (Å²) in [6.07, 6.45) is 2.42. The third-order valence-corrected chi connectivity index (χ3v) is 9.59. The summed E-state index contributed by atoms with van der Waals surface area (Å²) in [7, 11) is 2.68. The fourth-order valence-electron chi connectivity index (χ4n) is 4.59. The van der Waals surface area contributed by atoms with Crippen molar-refractivity contribution in [2.75, 3.05) is 20.0 Å². The number of para-hydroxylation sites is 1. The molecule has 12 heteroatoms. The molecule has 2 aromatic carbocycles. The molecule has 0 spiro atoms. The zero-order valence-corrected chi connectivity index (χ0v) is 21.5. The summed E-state index contributed by atoms with van der Waals surface area (Å²) >= 11 is 2.92. The van der Waals surface area contributed by atoms with Gasteiger partial charge in [-0.05, 0) is 23.8 Å². The summed E-state index contributed by atoms with van der Waals surface area (Å²) in [5, 5.41) is 35.6. The van der Waals surface area contributed by atoms with E-state index in [0.29, 0.717) is 22.8 Å². The van der Waals surface area contributed by atoms with Crippen LogP contribution in [-0.4, -0.2) is 68.1 Å². The maximum absolute atomic E-state index is 12.5. The lowest BCUT2D eigenvalue weighted by Gasteiger charge is -2.43. The molecular formula is C25H24N4O6S2. The summed E-state index contributed by atoms with van der Waals surface area (Å²) in [6, 6.07) is 12.5. The first-order valence-electron chi connectivity index (χ1n) is 11.2. The molecule has 192 valence electrons. The summed E-state index contributed by atoms with van der Waals surface area (Å²) < 4.78 is 8.79. The first-order chi connectivity index (χ1) is 17.9. The van der Waals surface area contributed by atoms with Crippen LogP contribution in [-0.2, 0) is 14.3 Å². The minimum atomic E-state index is -1.09. The molecule has 1 aliphatic rings. The minimum Gasteiger partial charge on any atom is -0.504 e. The summed E-state index contributed by atoms with van der Waals surface area (Å²) in [5.74, 6) is 0.293. The smallest absolute Gasteiger partial charge is 0.362 e. The largest absolute Gasteiger partial charge is 0.504 e. The Labute approximate surface area is 220 Å². The van der Waals surface area contributed by atoms with Gasteiger partial charge in [-0.25, -0.2) is 9.78 Å². The number of phenols is 1. The molecule has 5 N–H and O–H groups in total. The van der Waals surface area contributed by atoms with Crippen LogP contribution in [0.2, 0.25) is 0 Å². The van der Waals surface area contributed by atoms with Gasteiger partial charge in [-0.3, -0.25) is 0 Å². The van der Waals surface area contributed by atoms with Crippen molar-refractivity contribution in [1.29, 1.82) is 0 Å². The van der Waals surface area contributed by atoms with Crippen molar-refractivity contribution in [2.24, 2.45) is 5.16 Å². The standard InChI is InChI=1S/C25H24N4O6S2/c1-34-17-11-13(7-8-16(17)30)25(24-26-9-10-27-24)18(31)12-36-23(37-25)19-14-5-3-4-6-15(14)28-20(19)21(29-33)22(32)35-2/h3-11,18,23,28,30-31,33H,12H2,1-2H3,(H,26,27)/t18-,23+,25-/m1/s1. The van der Waals surface area contributed by atoms with Crippen molar-refractivity contribution in [3.8, 4) is 11.5 Å². The number of aromatic nitrogens is 3. The second kappa shape index (κ2) is 10.0. The Morgan fingerprint density at radius 1 is 1.24 bits per heavy atom. The van der Waals surface area contributed by atoms with E-state index in [1.165, 1.54) is 43.8 Å². The number of aliphatic hydroxyl groups is 1. The van der Waals surface area contributed by atoms with E-state index in [1.807, 2.05) is 24.3 Å². The van der Waals surface area contributed by atoms with Crippen LogP contribution in [0, 0.1) is 0 Å². The number of aliphatic hydroxyl groups excluding tert-OH is 1. The number of oxime groups is 1. The van der Waals surface area contributed by atoms with Gasteiger partial charge in [-0.15, -0.1) is 23.5 Å². The van der Waals surface area contributed by atoms with Gasteiger partial charge in [0.2, 0.25) is 5.71 Å². The molecular weight excluding hydrogens is 516 g/mol. The number of hydrogen-bond acceptors (Lipinski definition) is 10. The fourth-order valence-corrected chi connectivity index (χ4v) is 8.11. The number of aromatic amines is 2. The number of hydrogen-bond donors (Lipinski definition) is 5. The lowest BCUT2D eigenvalue weighted by atomic mass is 9.91. The average molecular weight is 541 g/mol. The van der Waals surface area contributed by atoms with Crippen molar-refractivity contribution in [3.05, 3.63) is 77.5 Å². The molecule has 0 aliphatic carbocycles. The Morgan fingerprint density at radius 2 is 2.05 bits per heavy atom. The SMILES string of the molecule is COC(=O)C(=NO)c1[nH]c2ccccc2c1[C@H]1SC[C@@H](O)[C@](c2ccc(O)c(OC)c2)(c2ncc[nH]2)S1. The Balaban J connectivity index is 1.72. The number of carbonyl (C=O) groups excluding carboxylic acids is 1. The second-order valence-corrected chi connectivity index (χ2v) is 11.0. The number of H-pyrrole nitrogens is 2. The van der Waals surface area contributed by atoms with Gasteiger partial charge < -0.3 is 34.9 Å². The van der Waals surface area contributed by atoms with Gasteiger partial charge in [0.25, 0.3) is 0 Å². The lowest BCUT2D eigenvalue weighted by molar-refractivity contribution is -0.132. The van der Waals surface area contributed by atoms with Gasteiger partial charge in [0.1, 0.15) is 10.6 Å². The van der Waals surface area contributed by atoms with Crippen molar-refractivity contribution < 1.29 is 29.7 Å². The van der Waals surface area contributed by atoms with Crippen LogP contribution >= 0.6 is 23.5 Å². The van der Waals surface area contributed by atoms with Crippen LogP contribution in [0.25, 0.3) is 10.9 Å². The molecule has 3 heterocycles. The van der Waals surface area contributed by atoms with E-state index in [9.17, 15) is 20.2 Å². The maximum Gasteiger partial charge on any atom is 0.362 e. The monoisotopic (exact) mass is 540 g/mol. The topological polar surface area (TPSA) is 153 Å². The first kappa shape index (κ1) is 25.1. The van der Waals surface area contributed by atoms with E-state index in [1.54, 1.807) is 24.5 Å². The molecule has 1 saturated heterocycles. The molecule has 1 aliphatic heterocycles. The van der Waals surface area contributed by atoms with Gasteiger partial charge >= 0.3 is 5.97 Å². The quantitative estimate of drug-likeness (QED) is 0.107. The van der Waals surface area contributed by atoms with E-state index in [2.05, 4.69) is 20.1 Å². The van der Waals surface area contributed by atoms with Crippen LogP contribution in [0.1, 0.15) is 27.2 Å². The zero-order valence-electron chi connectivity index (χ0n) is 19.8. The summed E-state index contributed by atoms with van der Waals surface area (Å²) in [6.45, 7) is 0. The highest BCUT2D eigenvalue weighted by molar-refractivity contribution is 8.17. The molecule has 37 heavy (non-hydrogen) atoms. The van der Waals surface area contributed by atoms with E-state index in [0.717, 1.165) is 16.5 Å². The molecule has 2 aromatic heterocycles. The van der Waals surface area contributed by atoms with Crippen molar-refractivity contribution in [1.82, 2.24) is 15.0 Å². The molecule has 0 radical (unpaired) electrons. The number of phenolic OH excluding ortho intramolecular Hbond substituents is 1. The van der Waals surface area contributed by atoms with Crippen LogP contribution < -0.4 is 4.74 Å². The number of nitrogens with zero attached hydrogens (tertiary/aromatic N) is 2. The molecule has 0 unspecified atom stereocenters. The van der Waals surface area contributed by atoms with E-state index < -0.39 is 16.8 Å². The predicted molar refractivity (Wildman–Crippen MR) is 141 cm³/mol. The maximum atomic E-state index is 12.5. The Bertz CT molecular complexity index is 1470. The number of imidazole rings is 1. The molecule has 3 atom stereocenters. The first-order valence-corrected chi connectivity index (χ1v) is 13.1. The second-order valence-electron chi connectivity index (χ2n) is 8.26. The zero-order chi connectivity index (χ0) is 26.2. The predicted octanol–water partition coefficient (Wildman–Crippen LogP) is 3.74. The third-order valence-electron chi connectivity index (χ3n) is 6.32. The normalized spacial score (nSPS) is 22.2. The molecule has 4 aromatic rings. The van der Waals surface area contributed by atoms with Crippen molar-refractivity contribution >= 4 is 46.1 Å². The summed E-state index contributed by atoms with van der Waals surface area (Å²) in [5.41, 5.74) is 2.21. The van der Waals surface area contributed by atoms with Crippen LogP contribution in [0.3, 0.4) is 0 Å². The number of rotatable bonds is 6. The van der Waals surface area contributed by atoms with E-state index in [-0.39, 0.29) is 21.8 Å².